The molecule has 3 aromatic rings. The maximum Gasteiger partial charge on any atom is 0.420 e. The molecule has 4 heteroatoms. The highest BCUT2D eigenvalue weighted by molar-refractivity contribution is 5.77. The summed E-state index contributed by atoms with van der Waals surface area (Å²) in [6.45, 7) is 1.84. The van der Waals surface area contributed by atoms with Crippen LogP contribution in [0.25, 0.3) is 22.6 Å². The van der Waals surface area contributed by atoms with Crippen molar-refractivity contribution in [1.82, 2.24) is 4.57 Å². The molecule has 0 aliphatic rings. The van der Waals surface area contributed by atoms with Crippen LogP contribution in [0.2, 0.25) is 0 Å². The van der Waals surface area contributed by atoms with E-state index in [0.29, 0.717) is 11.5 Å². The fraction of sp³-hybridized carbons (Fsp3) is 0.158. The van der Waals surface area contributed by atoms with Gasteiger partial charge in [0.05, 0.1) is 5.69 Å². The molecular formula is C19H17NO3. The lowest BCUT2D eigenvalue weighted by atomic mass is 10.0. The van der Waals surface area contributed by atoms with Crippen molar-refractivity contribution in [2.75, 3.05) is 0 Å². The predicted molar refractivity (Wildman–Crippen MR) is 89.2 cm³/mol. The zero-order valence-corrected chi connectivity index (χ0v) is 12.8. The van der Waals surface area contributed by atoms with Crippen LogP contribution in [0.4, 0.5) is 0 Å². The summed E-state index contributed by atoms with van der Waals surface area (Å²) in [5.41, 5.74) is 2.42. The zero-order chi connectivity index (χ0) is 16.2. The average molecular weight is 307 g/mol. The second-order valence-electron chi connectivity index (χ2n) is 5.40. The molecule has 0 saturated heterocycles. The van der Waals surface area contributed by atoms with Crippen molar-refractivity contribution < 1.29 is 9.21 Å². The zero-order valence-electron chi connectivity index (χ0n) is 12.8. The van der Waals surface area contributed by atoms with Gasteiger partial charge in [0.25, 0.3) is 0 Å². The van der Waals surface area contributed by atoms with Gasteiger partial charge < -0.3 is 9.21 Å². The van der Waals surface area contributed by atoms with Gasteiger partial charge in [-0.05, 0) is 6.92 Å². The monoisotopic (exact) mass is 307 g/mol. The summed E-state index contributed by atoms with van der Waals surface area (Å²) in [6, 6.07) is 18.9. The molecule has 0 fully saturated rings. The number of hydrogen-bond acceptors (Lipinski definition) is 3. The van der Waals surface area contributed by atoms with Crippen molar-refractivity contribution in [3.63, 3.8) is 0 Å². The van der Waals surface area contributed by atoms with E-state index in [1.54, 1.807) is 4.57 Å². The lowest BCUT2D eigenvalue weighted by Gasteiger charge is -2.13. The topological polar surface area (TPSA) is 52.2 Å². The highest BCUT2D eigenvalue weighted by Gasteiger charge is 2.22. The van der Waals surface area contributed by atoms with E-state index in [4.69, 9.17) is 4.42 Å². The first kappa shape index (κ1) is 15.0. The van der Waals surface area contributed by atoms with E-state index in [1.807, 2.05) is 67.6 Å². The number of hydrogen-bond donors (Lipinski definition) is 0. The van der Waals surface area contributed by atoms with Crippen LogP contribution >= 0.6 is 0 Å². The Hall–Kier alpha value is -2.88. The van der Waals surface area contributed by atoms with E-state index in [2.05, 4.69) is 0 Å². The summed E-state index contributed by atoms with van der Waals surface area (Å²) in [5.74, 6) is 0.0802. The summed E-state index contributed by atoms with van der Waals surface area (Å²) in [6.07, 6.45) is 1.08. The maximum absolute atomic E-state index is 12.4. The van der Waals surface area contributed by atoms with Gasteiger partial charge in [0, 0.05) is 23.6 Å². The molecule has 0 saturated carbocycles. The van der Waals surface area contributed by atoms with Crippen molar-refractivity contribution in [1.29, 1.82) is 0 Å². The lowest BCUT2D eigenvalue weighted by molar-refractivity contribution is -0.108. The molecule has 0 radical (unpaired) electrons. The third-order valence-electron chi connectivity index (χ3n) is 3.80. The van der Waals surface area contributed by atoms with E-state index in [9.17, 15) is 9.59 Å². The summed E-state index contributed by atoms with van der Waals surface area (Å²) in [5, 5.41) is 0. The molecule has 1 heterocycles. The molecule has 1 aromatic heterocycles. The van der Waals surface area contributed by atoms with Crippen LogP contribution in [0.3, 0.4) is 0 Å². The first-order valence-corrected chi connectivity index (χ1v) is 7.52. The van der Waals surface area contributed by atoms with Gasteiger partial charge in [-0.25, -0.2) is 4.79 Å². The van der Waals surface area contributed by atoms with Gasteiger partial charge in [-0.3, -0.25) is 4.57 Å². The van der Waals surface area contributed by atoms with Gasteiger partial charge in [-0.2, -0.15) is 0 Å². The van der Waals surface area contributed by atoms with E-state index < -0.39 is 5.76 Å². The van der Waals surface area contributed by atoms with Crippen molar-refractivity contribution in [2.24, 2.45) is 0 Å². The lowest BCUT2D eigenvalue weighted by Crippen LogP contribution is -2.19. The minimum Gasteiger partial charge on any atom is -0.407 e. The molecule has 0 bridgehead atoms. The third-order valence-corrected chi connectivity index (χ3v) is 3.80. The molecular weight excluding hydrogens is 290 g/mol. The number of carbonyl (C=O) groups is 1. The van der Waals surface area contributed by atoms with Crippen LogP contribution in [-0.2, 0) is 4.79 Å². The Balaban J connectivity index is 2.27. The predicted octanol–water partition coefficient (Wildman–Crippen LogP) is 3.93. The van der Waals surface area contributed by atoms with Crippen LogP contribution in [-0.4, -0.2) is 10.9 Å². The third kappa shape index (κ3) is 2.88. The SMILES string of the molecule is C[C@@H](CC=O)n1c(-c2ccccc2)c(-c2ccccc2)oc1=O. The van der Waals surface area contributed by atoms with Crippen LogP contribution in [0, 0.1) is 0 Å². The summed E-state index contributed by atoms with van der Waals surface area (Å²) < 4.78 is 7.11. The second-order valence-corrected chi connectivity index (χ2v) is 5.40. The minimum atomic E-state index is -0.447. The largest absolute Gasteiger partial charge is 0.420 e. The first-order chi connectivity index (χ1) is 11.2. The Morgan fingerprint density at radius 2 is 1.57 bits per heavy atom. The summed E-state index contributed by atoms with van der Waals surface area (Å²) in [7, 11) is 0. The fourth-order valence-corrected chi connectivity index (χ4v) is 2.68. The quantitative estimate of drug-likeness (QED) is 0.671. The number of aromatic nitrogens is 1. The molecule has 0 N–H and O–H groups in total. The van der Waals surface area contributed by atoms with Gasteiger partial charge in [0.2, 0.25) is 0 Å². The van der Waals surface area contributed by atoms with Crippen molar-refractivity contribution in [2.45, 2.75) is 19.4 Å². The minimum absolute atomic E-state index is 0.257. The Morgan fingerprint density at radius 1 is 1.00 bits per heavy atom. The molecule has 116 valence electrons. The highest BCUT2D eigenvalue weighted by atomic mass is 16.4. The Bertz CT molecular complexity index is 847. The number of benzene rings is 2. The molecule has 0 aliphatic heterocycles. The van der Waals surface area contributed by atoms with Crippen LogP contribution < -0.4 is 5.76 Å². The van der Waals surface area contributed by atoms with Gasteiger partial charge in [0.1, 0.15) is 6.29 Å². The number of nitrogens with zero attached hydrogens (tertiary/aromatic N) is 1. The van der Waals surface area contributed by atoms with E-state index in [0.717, 1.165) is 17.4 Å². The smallest absolute Gasteiger partial charge is 0.407 e. The fourth-order valence-electron chi connectivity index (χ4n) is 2.68. The van der Waals surface area contributed by atoms with Gasteiger partial charge in [0.15, 0.2) is 5.76 Å². The summed E-state index contributed by atoms with van der Waals surface area (Å²) in [4.78, 5) is 23.3. The Labute approximate surface area is 134 Å². The molecule has 0 spiro atoms. The van der Waals surface area contributed by atoms with Gasteiger partial charge >= 0.3 is 5.76 Å². The van der Waals surface area contributed by atoms with Gasteiger partial charge in [-0.1, -0.05) is 60.7 Å². The number of rotatable bonds is 5. The van der Waals surface area contributed by atoms with Crippen LogP contribution in [0.15, 0.2) is 69.9 Å². The molecule has 1 atom stereocenters. The molecule has 3 rings (SSSR count). The normalized spacial score (nSPS) is 12.0. The van der Waals surface area contributed by atoms with E-state index in [-0.39, 0.29) is 12.5 Å². The molecule has 0 unspecified atom stereocenters. The Morgan fingerprint density at radius 3 is 2.13 bits per heavy atom. The Kier molecular flexibility index (Phi) is 4.24. The molecule has 0 aliphatic carbocycles. The number of oxazole rings is 1. The number of carbonyl (C=O) groups excluding carboxylic acids is 1. The molecule has 23 heavy (non-hydrogen) atoms. The molecule has 2 aromatic carbocycles. The molecule has 0 amide bonds. The van der Waals surface area contributed by atoms with Crippen molar-refractivity contribution >= 4 is 6.29 Å². The number of aldehydes is 1. The average Bonchev–Trinajstić information content (AvgIpc) is 2.94. The first-order valence-electron chi connectivity index (χ1n) is 7.52. The standard InChI is InChI=1S/C19H17NO3/c1-14(12-13-21)20-17(15-8-4-2-5-9-15)18(23-19(20)22)16-10-6-3-7-11-16/h2-11,13-14H,12H2,1H3/t14-/m0/s1. The van der Waals surface area contributed by atoms with E-state index >= 15 is 0 Å². The van der Waals surface area contributed by atoms with Crippen LogP contribution in [0.1, 0.15) is 19.4 Å². The van der Waals surface area contributed by atoms with E-state index in [1.165, 1.54) is 0 Å². The maximum atomic E-state index is 12.4. The van der Waals surface area contributed by atoms with Crippen molar-refractivity contribution in [3.8, 4) is 22.6 Å². The molecule has 4 nitrogen and oxygen atoms in total. The highest BCUT2D eigenvalue weighted by Crippen LogP contribution is 2.33. The summed E-state index contributed by atoms with van der Waals surface area (Å²) >= 11 is 0. The van der Waals surface area contributed by atoms with Crippen LogP contribution in [0.5, 0.6) is 0 Å². The van der Waals surface area contributed by atoms with Gasteiger partial charge in [-0.15, -0.1) is 0 Å². The second kappa shape index (κ2) is 6.48. The van der Waals surface area contributed by atoms with Crippen molar-refractivity contribution in [3.05, 3.63) is 71.2 Å².